The summed E-state index contributed by atoms with van der Waals surface area (Å²) in [6, 6.07) is 10.0. The molecule has 2 N–H and O–H groups in total. The van der Waals surface area contributed by atoms with E-state index in [0.29, 0.717) is 30.9 Å². The molecule has 6 nitrogen and oxygen atoms in total. The van der Waals surface area contributed by atoms with Crippen LogP contribution in [0.25, 0.3) is 11.0 Å². The highest BCUT2D eigenvalue weighted by molar-refractivity contribution is 7.09. The van der Waals surface area contributed by atoms with E-state index in [0.717, 1.165) is 36.1 Å². The predicted octanol–water partition coefficient (Wildman–Crippen LogP) is 5.81. The van der Waals surface area contributed by atoms with Crippen molar-refractivity contribution in [1.29, 1.82) is 0 Å². The minimum Gasteiger partial charge on any atom is -0.480 e. The third kappa shape index (κ3) is 4.72. The lowest BCUT2D eigenvalue weighted by atomic mass is 9.90. The SMILES string of the molecule is CCCC(CC)(NC(=O)c1ccc2c(c1)nc(Cc1cccs1)n2C(CC)CC)C(=O)O. The Morgan fingerprint density at radius 3 is 2.50 bits per heavy atom. The Balaban J connectivity index is 2.00. The second-order valence-corrected chi connectivity index (χ2v) is 9.31. The zero-order chi connectivity index (χ0) is 23.3. The lowest BCUT2D eigenvalue weighted by Gasteiger charge is -2.29. The van der Waals surface area contributed by atoms with E-state index in [9.17, 15) is 14.7 Å². The van der Waals surface area contributed by atoms with E-state index in [2.05, 4.69) is 35.2 Å². The number of hydrogen-bond acceptors (Lipinski definition) is 4. The van der Waals surface area contributed by atoms with E-state index < -0.39 is 11.5 Å². The summed E-state index contributed by atoms with van der Waals surface area (Å²) in [6.07, 6.45) is 4.14. The second kappa shape index (κ2) is 10.3. The van der Waals surface area contributed by atoms with Gasteiger partial charge in [-0.3, -0.25) is 4.79 Å². The maximum absolute atomic E-state index is 13.0. The van der Waals surface area contributed by atoms with Crippen molar-refractivity contribution in [2.45, 2.75) is 77.8 Å². The normalized spacial score (nSPS) is 13.4. The van der Waals surface area contributed by atoms with Crippen molar-refractivity contribution < 1.29 is 14.7 Å². The van der Waals surface area contributed by atoms with E-state index in [-0.39, 0.29) is 5.91 Å². The molecule has 0 radical (unpaired) electrons. The summed E-state index contributed by atoms with van der Waals surface area (Å²) in [5.74, 6) is -0.373. The highest BCUT2D eigenvalue weighted by Gasteiger charge is 2.37. The van der Waals surface area contributed by atoms with E-state index >= 15 is 0 Å². The summed E-state index contributed by atoms with van der Waals surface area (Å²) in [4.78, 5) is 31.1. The molecule has 2 heterocycles. The predicted molar refractivity (Wildman–Crippen MR) is 130 cm³/mol. The first kappa shape index (κ1) is 24.0. The summed E-state index contributed by atoms with van der Waals surface area (Å²) in [7, 11) is 0. The number of hydrogen-bond donors (Lipinski definition) is 2. The Bertz CT molecular complexity index is 1070. The molecule has 0 spiro atoms. The van der Waals surface area contributed by atoms with Crippen LogP contribution in [0.4, 0.5) is 0 Å². The fourth-order valence-corrected chi connectivity index (χ4v) is 5.10. The van der Waals surface area contributed by atoms with Crippen LogP contribution >= 0.6 is 11.3 Å². The molecule has 32 heavy (non-hydrogen) atoms. The van der Waals surface area contributed by atoms with Crippen LogP contribution in [0.15, 0.2) is 35.7 Å². The Hall–Kier alpha value is -2.67. The molecule has 0 aliphatic carbocycles. The van der Waals surface area contributed by atoms with Gasteiger partial charge >= 0.3 is 5.97 Å². The first-order valence-corrected chi connectivity index (χ1v) is 12.4. The van der Waals surface area contributed by atoms with Gasteiger partial charge in [0, 0.05) is 22.9 Å². The molecule has 1 aromatic carbocycles. The third-order valence-corrected chi connectivity index (χ3v) is 7.16. The van der Waals surface area contributed by atoms with Gasteiger partial charge in [-0.1, -0.05) is 40.2 Å². The number of aliphatic carboxylic acids is 1. The van der Waals surface area contributed by atoms with Crippen molar-refractivity contribution in [3.05, 3.63) is 52.0 Å². The number of carbonyl (C=O) groups excluding carboxylic acids is 1. The van der Waals surface area contributed by atoms with Gasteiger partial charge < -0.3 is 15.0 Å². The Morgan fingerprint density at radius 2 is 1.94 bits per heavy atom. The summed E-state index contributed by atoms with van der Waals surface area (Å²) in [5.41, 5.74) is 0.962. The van der Waals surface area contributed by atoms with Gasteiger partial charge in [0.05, 0.1) is 11.0 Å². The van der Waals surface area contributed by atoms with Crippen molar-refractivity contribution in [2.24, 2.45) is 0 Å². The summed E-state index contributed by atoms with van der Waals surface area (Å²) >= 11 is 1.71. The molecule has 0 fully saturated rings. The minimum atomic E-state index is -1.25. The lowest BCUT2D eigenvalue weighted by molar-refractivity contribution is -0.145. The molecule has 0 aliphatic heterocycles. The maximum Gasteiger partial charge on any atom is 0.329 e. The lowest BCUT2D eigenvalue weighted by Crippen LogP contribution is -2.54. The van der Waals surface area contributed by atoms with E-state index in [1.54, 1.807) is 30.4 Å². The molecule has 2 aromatic heterocycles. The van der Waals surface area contributed by atoms with Gasteiger partial charge in [0.25, 0.3) is 5.91 Å². The van der Waals surface area contributed by atoms with Crippen molar-refractivity contribution in [3.63, 3.8) is 0 Å². The molecule has 0 saturated carbocycles. The molecule has 0 aliphatic rings. The maximum atomic E-state index is 13.0. The van der Waals surface area contributed by atoms with Crippen LogP contribution in [0, 0.1) is 0 Å². The van der Waals surface area contributed by atoms with Gasteiger partial charge in [-0.05, 0) is 55.3 Å². The molecule has 3 rings (SSSR count). The Labute approximate surface area is 193 Å². The van der Waals surface area contributed by atoms with Crippen LogP contribution in [0.3, 0.4) is 0 Å². The second-order valence-electron chi connectivity index (χ2n) is 8.27. The number of carboxylic acids is 1. The number of amides is 1. The zero-order valence-corrected chi connectivity index (χ0v) is 20.2. The third-order valence-electron chi connectivity index (χ3n) is 6.29. The quantitative estimate of drug-likeness (QED) is 0.382. The van der Waals surface area contributed by atoms with Gasteiger partial charge in [-0.15, -0.1) is 11.3 Å². The molecule has 0 bridgehead atoms. The van der Waals surface area contributed by atoms with E-state index in [1.807, 2.05) is 19.1 Å². The highest BCUT2D eigenvalue weighted by atomic mass is 32.1. The minimum absolute atomic E-state index is 0.332. The van der Waals surface area contributed by atoms with Crippen LogP contribution in [-0.2, 0) is 11.2 Å². The molecule has 172 valence electrons. The van der Waals surface area contributed by atoms with Crippen LogP contribution in [0.1, 0.15) is 86.9 Å². The average Bonchev–Trinajstić information content (AvgIpc) is 3.42. The molecule has 1 amide bonds. The number of carboxylic acid groups (broad SMARTS) is 1. The monoisotopic (exact) mass is 455 g/mol. The van der Waals surface area contributed by atoms with Crippen LogP contribution in [-0.4, -0.2) is 32.1 Å². The number of carbonyl (C=O) groups is 2. The molecule has 1 unspecified atom stereocenters. The molecule has 0 saturated heterocycles. The zero-order valence-electron chi connectivity index (χ0n) is 19.4. The summed E-state index contributed by atoms with van der Waals surface area (Å²) in [6.45, 7) is 8.08. The number of benzene rings is 1. The van der Waals surface area contributed by atoms with Gasteiger partial charge in [0.2, 0.25) is 0 Å². The van der Waals surface area contributed by atoms with E-state index in [4.69, 9.17) is 4.98 Å². The van der Waals surface area contributed by atoms with Crippen LogP contribution in [0.2, 0.25) is 0 Å². The number of fused-ring (bicyclic) bond motifs is 1. The number of nitrogens with one attached hydrogen (secondary N) is 1. The summed E-state index contributed by atoms with van der Waals surface area (Å²) in [5, 5.41) is 14.6. The van der Waals surface area contributed by atoms with Gasteiger partial charge in [-0.2, -0.15) is 0 Å². The largest absolute Gasteiger partial charge is 0.480 e. The van der Waals surface area contributed by atoms with Crippen LogP contribution in [0.5, 0.6) is 0 Å². The van der Waals surface area contributed by atoms with Crippen molar-refractivity contribution in [3.8, 4) is 0 Å². The van der Waals surface area contributed by atoms with E-state index in [1.165, 1.54) is 4.88 Å². The van der Waals surface area contributed by atoms with Gasteiger partial charge in [0.1, 0.15) is 11.4 Å². The van der Waals surface area contributed by atoms with Crippen molar-refractivity contribution in [1.82, 2.24) is 14.9 Å². The number of aromatic nitrogens is 2. The fourth-order valence-electron chi connectivity index (χ4n) is 4.40. The van der Waals surface area contributed by atoms with Gasteiger partial charge in [-0.25, -0.2) is 9.78 Å². The highest BCUT2D eigenvalue weighted by Crippen LogP contribution is 2.29. The fraction of sp³-hybridized carbons (Fsp3) is 0.480. The number of thiophene rings is 1. The molecule has 7 heteroatoms. The number of rotatable bonds is 11. The Morgan fingerprint density at radius 1 is 1.19 bits per heavy atom. The topological polar surface area (TPSA) is 84.2 Å². The first-order valence-electron chi connectivity index (χ1n) is 11.5. The van der Waals surface area contributed by atoms with Crippen molar-refractivity contribution in [2.75, 3.05) is 0 Å². The molecular weight excluding hydrogens is 422 g/mol. The standard InChI is InChI=1S/C25H33N3O3S/c1-5-13-25(8-4,24(30)31)27-23(29)17-11-12-21-20(15-17)26-22(16-19-10-9-14-32-19)28(21)18(6-2)7-3/h9-12,14-15,18H,5-8,13,16H2,1-4H3,(H,27,29)(H,30,31). The number of imidazole rings is 1. The average molecular weight is 456 g/mol. The van der Waals surface area contributed by atoms with Crippen LogP contribution < -0.4 is 5.32 Å². The molecular formula is C25H33N3O3S. The van der Waals surface area contributed by atoms with Crippen molar-refractivity contribution >= 4 is 34.2 Å². The summed E-state index contributed by atoms with van der Waals surface area (Å²) < 4.78 is 2.31. The molecule has 1 atom stereocenters. The van der Waals surface area contributed by atoms with Gasteiger partial charge in [0.15, 0.2) is 0 Å². The Kier molecular flexibility index (Phi) is 7.72. The molecule has 3 aromatic rings. The first-order chi connectivity index (χ1) is 15.4. The smallest absolute Gasteiger partial charge is 0.329 e. The number of nitrogens with zero attached hydrogens (tertiary/aromatic N) is 2.